The lowest BCUT2D eigenvalue weighted by Gasteiger charge is -2.18. The zero-order chi connectivity index (χ0) is 19.8. The molecule has 1 aliphatic heterocycles. The second-order valence-corrected chi connectivity index (χ2v) is 7.22. The van der Waals surface area contributed by atoms with Crippen molar-refractivity contribution in [2.45, 2.75) is 32.0 Å². The largest absolute Gasteiger partial charge is 0.483 e. The quantitative estimate of drug-likeness (QED) is 0.779. The molecule has 0 radical (unpaired) electrons. The summed E-state index contributed by atoms with van der Waals surface area (Å²) in [6.07, 6.45) is -3.82. The predicted octanol–water partition coefficient (Wildman–Crippen LogP) is 5.09. The molecule has 2 aromatic carbocycles. The van der Waals surface area contributed by atoms with Crippen LogP contribution < -0.4 is 14.8 Å². The Morgan fingerprint density at radius 1 is 1.30 bits per heavy atom. The minimum absolute atomic E-state index is 0.00188. The molecule has 0 saturated carbocycles. The SMILES string of the molecule is CC1(C)Cc2cccc(OCC(=O)Nc3cc(C(F)(F)F)ccc3Cl)c2O1. The fourth-order valence-electron chi connectivity index (χ4n) is 2.83. The lowest BCUT2D eigenvalue weighted by Crippen LogP contribution is -2.25. The van der Waals surface area contributed by atoms with Gasteiger partial charge in [0.2, 0.25) is 0 Å². The highest BCUT2D eigenvalue weighted by Crippen LogP contribution is 2.41. The Morgan fingerprint density at radius 2 is 2.04 bits per heavy atom. The van der Waals surface area contributed by atoms with Crippen LogP contribution in [0.2, 0.25) is 5.02 Å². The number of carbonyl (C=O) groups is 1. The van der Waals surface area contributed by atoms with Crippen molar-refractivity contribution in [2.24, 2.45) is 0 Å². The van der Waals surface area contributed by atoms with E-state index in [-0.39, 0.29) is 16.3 Å². The summed E-state index contributed by atoms with van der Waals surface area (Å²) in [4.78, 5) is 12.1. The van der Waals surface area contributed by atoms with Crippen molar-refractivity contribution in [2.75, 3.05) is 11.9 Å². The van der Waals surface area contributed by atoms with E-state index < -0.39 is 24.3 Å². The molecule has 4 nitrogen and oxygen atoms in total. The summed E-state index contributed by atoms with van der Waals surface area (Å²) in [5.41, 5.74) is -0.426. The van der Waals surface area contributed by atoms with Gasteiger partial charge in [0.15, 0.2) is 18.1 Å². The molecule has 1 heterocycles. The van der Waals surface area contributed by atoms with E-state index in [1.165, 1.54) is 0 Å². The summed E-state index contributed by atoms with van der Waals surface area (Å²) >= 11 is 5.87. The van der Waals surface area contributed by atoms with Gasteiger partial charge in [-0.3, -0.25) is 4.79 Å². The van der Waals surface area contributed by atoms with Crippen molar-refractivity contribution in [3.63, 3.8) is 0 Å². The molecule has 3 rings (SSSR count). The number of hydrogen-bond donors (Lipinski definition) is 1. The average Bonchev–Trinajstić information content (AvgIpc) is 2.88. The van der Waals surface area contributed by atoms with E-state index in [0.717, 1.165) is 23.8 Å². The highest BCUT2D eigenvalue weighted by Gasteiger charge is 2.33. The molecule has 27 heavy (non-hydrogen) atoms. The number of nitrogens with one attached hydrogen (secondary N) is 1. The number of hydrogen-bond acceptors (Lipinski definition) is 3. The second-order valence-electron chi connectivity index (χ2n) is 6.81. The van der Waals surface area contributed by atoms with Crippen LogP contribution in [0.25, 0.3) is 0 Å². The molecule has 144 valence electrons. The molecule has 1 N–H and O–H groups in total. The molecule has 0 atom stereocenters. The Hall–Kier alpha value is -2.41. The minimum Gasteiger partial charge on any atom is -0.483 e. The summed E-state index contributed by atoms with van der Waals surface area (Å²) in [6.45, 7) is 3.49. The van der Waals surface area contributed by atoms with Gasteiger partial charge in [0, 0.05) is 12.0 Å². The van der Waals surface area contributed by atoms with Gasteiger partial charge in [-0.15, -0.1) is 0 Å². The monoisotopic (exact) mass is 399 g/mol. The van der Waals surface area contributed by atoms with Crippen LogP contribution in [0, 0.1) is 0 Å². The van der Waals surface area contributed by atoms with Gasteiger partial charge in [-0.2, -0.15) is 13.2 Å². The molecule has 0 unspecified atom stereocenters. The maximum Gasteiger partial charge on any atom is 0.416 e. The number of carbonyl (C=O) groups excluding carboxylic acids is 1. The molecule has 0 saturated heterocycles. The van der Waals surface area contributed by atoms with Gasteiger partial charge < -0.3 is 14.8 Å². The summed E-state index contributed by atoms with van der Waals surface area (Å²) in [5.74, 6) is 0.349. The second kappa shape index (κ2) is 6.96. The first-order valence-electron chi connectivity index (χ1n) is 8.15. The lowest BCUT2D eigenvalue weighted by molar-refractivity contribution is -0.137. The summed E-state index contributed by atoms with van der Waals surface area (Å²) in [5, 5.41) is 2.34. The summed E-state index contributed by atoms with van der Waals surface area (Å²) < 4.78 is 49.8. The Bertz CT molecular complexity index is 881. The van der Waals surface area contributed by atoms with E-state index in [9.17, 15) is 18.0 Å². The van der Waals surface area contributed by atoms with Crippen LogP contribution >= 0.6 is 11.6 Å². The number of amides is 1. The summed E-state index contributed by atoms with van der Waals surface area (Å²) in [6, 6.07) is 8.10. The maximum absolute atomic E-state index is 12.8. The molecule has 0 aliphatic carbocycles. The molecule has 0 aromatic heterocycles. The molecule has 2 aromatic rings. The first-order chi connectivity index (χ1) is 12.5. The Kier molecular flexibility index (Phi) is 4.99. The highest BCUT2D eigenvalue weighted by molar-refractivity contribution is 6.33. The zero-order valence-corrected chi connectivity index (χ0v) is 15.4. The Balaban J connectivity index is 1.68. The van der Waals surface area contributed by atoms with E-state index in [1.54, 1.807) is 12.1 Å². The average molecular weight is 400 g/mol. The van der Waals surface area contributed by atoms with Gasteiger partial charge >= 0.3 is 6.18 Å². The number of rotatable bonds is 4. The van der Waals surface area contributed by atoms with Crippen LogP contribution in [0.3, 0.4) is 0 Å². The minimum atomic E-state index is -4.53. The van der Waals surface area contributed by atoms with Crippen LogP contribution in [0.4, 0.5) is 18.9 Å². The van der Waals surface area contributed by atoms with Gasteiger partial charge in [0.05, 0.1) is 16.3 Å². The third-order valence-corrected chi connectivity index (χ3v) is 4.31. The normalized spacial score (nSPS) is 15.0. The number of anilines is 1. The fourth-order valence-corrected chi connectivity index (χ4v) is 2.99. The molecule has 1 amide bonds. The van der Waals surface area contributed by atoms with Crippen LogP contribution in [-0.2, 0) is 17.4 Å². The number of ether oxygens (including phenoxy) is 2. The topological polar surface area (TPSA) is 47.6 Å². The molecule has 0 fully saturated rings. The molecule has 0 spiro atoms. The fraction of sp³-hybridized carbons (Fsp3) is 0.316. The van der Waals surface area contributed by atoms with Crippen molar-refractivity contribution >= 4 is 23.2 Å². The molecule has 8 heteroatoms. The standard InChI is InChI=1S/C19H17ClF3NO3/c1-18(2)9-11-4-3-5-15(17(11)27-18)26-10-16(25)24-14-8-12(19(21,22)23)6-7-13(14)20/h3-8H,9-10H2,1-2H3,(H,24,25). The number of halogens is 4. The number of alkyl halides is 3. The van der Waals surface area contributed by atoms with E-state index in [2.05, 4.69) is 5.32 Å². The van der Waals surface area contributed by atoms with E-state index in [0.29, 0.717) is 17.9 Å². The maximum atomic E-state index is 12.8. The predicted molar refractivity (Wildman–Crippen MR) is 95.4 cm³/mol. The smallest absolute Gasteiger partial charge is 0.416 e. The van der Waals surface area contributed by atoms with Crippen LogP contribution in [0.1, 0.15) is 25.0 Å². The van der Waals surface area contributed by atoms with Gasteiger partial charge in [-0.1, -0.05) is 23.7 Å². The summed E-state index contributed by atoms with van der Waals surface area (Å²) in [7, 11) is 0. The van der Waals surface area contributed by atoms with Gasteiger partial charge in [0.1, 0.15) is 5.60 Å². The van der Waals surface area contributed by atoms with Gasteiger partial charge in [0.25, 0.3) is 5.91 Å². The van der Waals surface area contributed by atoms with Crippen LogP contribution in [0.5, 0.6) is 11.5 Å². The Labute approximate surface area is 159 Å². The van der Waals surface area contributed by atoms with Crippen molar-refractivity contribution in [3.05, 3.63) is 52.5 Å². The third kappa shape index (κ3) is 4.47. The van der Waals surface area contributed by atoms with E-state index in [4.69, 9.17) is 21.1 Å². The Morgan fingerprint density at radius 3 is 2.74 bits per heavy atom. The number of fused-ring (bicyclic) bond motifs is 1. The number of para-hydroxylation sites is 1. The van der Waals surface area contributed by atoms with Crippen molar-refractivity contribution in [3.8, 4) is 11.5 Å². The number of benzene rings is 2. The molecule has 0 bridgehead atoms. The molecular weight excluding hydrogens is 383 g/mol. The molecule has 1 aliphatic rings. The van der Waals surface area contributed by atoms with Crippen LogP contribution in [0.15, 0.2) is 36.4 Å². The van der Waals surface area contributed by atoms with E-state index in [1.807, 2.05) is 19.9 Å². The van der Waals surface area contributed by atoms with Crippen molar-refractivity contribution in [1.29, 1.82) is 0 Å². The highest BCUT2D eigenvalue weighted by atomic mass is 35.5. The van der Waals surface area contributed by atoms with Crippen molar-refractivity contribution < 1.29 is 27.4 Å². The van der Waals surface area contributed by atoms with Crippen molar-refractivity contribution in [1.82, 2.24) is 0 Å². The first kappa shape index (κ1) is 19.4. The lowest BCUT2D eigenvalue weighted by atomic mass is 10.0. The first-order valence-corrected chi connectivity index (χ1v) is 8.53. The van der Waals surface area contributed by atoms with Crippen LogP contribution in [-0.4, -0.2) is 18.1 Å². The molecular formula is C19H17ClF3NO3. The van der Waals surface area contributed by atoms with E-state index >= 15 is 0 Å². The van der Waals surface area contributed by atoms with Gasteiger partial charge in [-0.05, 0) is 38.1 Å². The zero-order valence-electron chi connectivity index (χ0n) is 14.6. The third-order valence-electron chi connectivity index (χ3n) is 3.98. The van der Waals surface area contributed by atoms with Gasteiger partial charge in [-0.25, -0.2) is 0 Å².